The minimum atomic E-state index is -0.0183. The van der Waals surface area contributed by atoms with Gasteiger partial charge in [0.05, 0.1) is 5.52 Å². The standard InChI is InChI=1S/C18H17N5O2/c1-11-8-14(13(3)23(11)18-9-12(2)25-20-18)17(24)10-22-16-7-5-4-6-15(16)19-21-22/h4-9H,10H2,1-3H3. The lowest BCUT2D eigenvalue weighted by atomic mass is 10.1. The first kappa shape index (κ1) is 15.3. The number of hydrogen-bond acceptors (Lipinski definition) is 5. The molecule has 0 aliphatic heterocycles. The van der Waals surface area contributed by atoms with Gasteiger partial charge in [0, 0.05) is 23.0 Å². The van der Waals surface area contributed by atoms with Gasteiger partial charge in [-0.25, -0.2) is 4.68 Å². The molecule has 0 amide bonds. The molecule has 1 aromatic carbocycles. The number of benzene rings is 1. The first-order chi connectivity index (χ1) is 12.0. The van der Waals surface area contributed by atoms with Gasteiger partial charge in [-0.3, -0.25) is 9.36 Å². The number of hydrogen-bond donors (Lipinski definition) is 0. The summed E-state index contributed by atoms with van der Waals surface area (Å²) in [4.78, 5) is 12.8. The van der Waals surface area contributed by atoms with Crippen LogP contribution in [0.25, 0.3) is 16.9 Å². The lowest BCUT2D eigenvalue weighted by Crippen LogP contribution is -2.13. The van der Waals surface area contributed by atoms with Crippen LogP contribution in [0.3, 0.4) is 0 Å². The Morgan fingerprint density at radius 3 is 2.72 bits per heavy atom. The highest BCUT2D eigenvalue weighted by atomic mass is 16.5. The average molecular weight is 335 g/mol. The normalized spacial score (nSPS) is 11.3. The first-order valence-corrected chi connectivity index (χ1v) is 7.98. The van der Waals surface area contributed by atoms with Crippen LogP contribution >= 0.6 is 0 Å². The van der Waals surface area contributed by atoms with Crippen molar-refractivity contribution in [3.8, 4) is 5.82 Å². The van der Waals surface area contributed by atoms with E-state index in [0.717, 1.165) is 28.2 Å². The Bertz CT molecular complexity index is 1090. The maximum absolute atomic E-state index is 12.8. The van der Waals surface area contributed by atoms with E-state index in [2.05, 4.69) is 15.5 Å². The van der Waals surface area contributed by atoms with E-state index in [9.17, 15) is 4.79 Å². The molecule has 7 nitrogen and oxygen atoms in total. The summed E-state index contributed by atoms with van der Waals surface area (Å²) in [5, 5.41) is 12.2. The molecule has 0 bridgehead atoms. The third-order valence-electron chi connectivity index (χ3n) is 4.29. The Balaban J connectivity index is 1.69. The van der Waals surface area contributed by atoms with Crippen LogP contribution in [0.2, 0.25) is 0 Å². The molecule has 7 heteroatoms. The molecule has 3 aromatic heterocycles. The molecule has 3 heterocycles. The van der Waals surface area contributed by atoms with Crippen molar-refractivity contribution >= 4 is 16.8 Å². The minimum Gasteiger partial charge on any atom is -0.360 e. The largest absolute Gasteiger partial charge is 0.360 e. The summed E-state index contributed by atoms with van der Waals surface area (Å²) in [5.74, 6) is 1.39. The lowest BCUT2D eigenvalue weighted by Gasteiger charge is -2.05. The number of fused-ring (bicyclic) bond motifs is 1. The molecule has 4 rings (SSSR count). The SMILES string of the molecule is Cc1cc(-n2c(C)cc(C(=O)Cn3nnc4ccccc43)c2C)no1. The Morgan fingerprint density at radius 1 is 1.16 bits per heavy atom. The summed E-state index contributed by atoms with van der Waals surface area (Å²) in [6, 6.07) is 11.3. The predicted molar refractivity (Wildman–Crippen MR) is 91.9 cm³/mol. The Labute approximate surface area is 143 Å². The third-order valence-corrected chi connectivity index (χ3v) is 4.29. The monoisotopic (exact) mass is 335 g/mol. The quantitative estimate of drug-likeness (QED) is 0.536. The number of para-hydroxylation sites is 1. The molecule has 0 atom stereocenters. The van der Waals surface area contributed by atoms with E-state index in [0.29, 0.717) is 11.4 Å². The molecule has 0 fully saturated rings. The fourth-order valence-electron chi connectivity index (χ4n) is 3.11. The van der Waals surface area contributed by atoms with Crippen molar-refractivity contribution in [1.29, 1.82) is 0 Å². The van der Waals surface area contributed by atoms with E-state index >= 15 is 0 Å². The maximum atomic E-state index is 12.8. The zero-order valence-corrected chi connectivity index (χ0v) is 14.2. The van der Waals surface area contributed by atoms with Crippen molar-refractivity contribution in [2.24, 2.45) is 0 Å². The predicted octanol–water partition coefficient (Wildman–Crippen LogP) is 3.02. The molecule has 126 valence electrons. The highest BCUT2D eigenvalue weighted by Crippen LogP contribution is 2.22. The second kappa shape index (κ2) is 5.70. The van der Waals surface area contributed by atoms with Gasteiger partial charge in [0.2, 0.25) is 0 Å². The molecule has 0 aliphatic rings. The zero-order valence-electron chi connectivity index (χ0n) is 14.2. The number of rotatable bonds is 4. The maximum Gasteiger partial charge on any atom is 0.186 e. The van der Waals surface area contributed by atoms with Crippen molar-refractivity contribution < 1.29 is 9.32 Å². The number of nitrogens with zero attached hydrogens (tertiary/aromatic N) is 5. The van der Waals surface area contributed by atoms with Crippen molar-refractivity contribution in [1.82, 2.24) is 24.7 Å². The minimum absolute atomic E-state index is 0.0183. The van der Waals surface area contributed by atoms with Crippen molar-refractivity contribution in [2.45, 2.75) is 27.3 Å². The van der Waals surface area contributed by atoms with Crippen LogP contribution in [0.4, 0.5) is 0 Å². The lowest BCUT2D eigenvalue weighted by molar-refractivity contribution is 0.0968. The molecule has 0 saturated carbocycles. The van der Waals surface area contributed by atoms with Gasteiger partial charge in [0.15, 0.2) is 11.6 Å². The number of aromatic nitrogens is 5. The van der Waals surface area contributed by atoms with Gasteiger partial charge in [-0.05, 0) is 39.0 Å². The van der Waals surface area contributed by atoms with Crippen molar-refractivity contribution in [3.63, 3.8) is 0 Å². The van der Waals surface area contributed by atoms with Gasteiger partial charge >= 0.3 is 0 Å². The van der Waals surface area contributed by atoms with Crippen LogP contribution in [-0.2, 0) is 6.54 Å². The van der Waals surface area contributed by atoms with Crippen LogP contribution in [0.15, 0.2) is 40.9 Å². The van der Waals surface area contributed by atoms with Crippen molar-refractivity contribution in [2.75, 3.05) is 0 Å². The summed E-state index contributed by atoms with van der Waals surface area (Å²) in [7, 11) is 0. The Hall–Kier alpha value is -3.22. The highest BCUT2D eigenvalue weighted by molar-refractivity contribution is 5.98. The second-order valence-electron chi connectivity index (χ2n) is 6.07. The van der Waals surface area contributed by atoms with E-state index in [-0.39, 0.29) is 12.3 Å². The number of carbonyl (C=O) groups is 1. The van der Waals surface area contributed by atoms with Gasteiger partial charge in [-0.15, -0.1) is 5.10 Å². The summed E-state index contributed by atoms with van der Waals surface area (Å²) >= 11 is 0. The molecule has 0 N–H and O–H groups in total. The van der Waals surface area contributed by atoms with E-state index in [1.807, 2.05) is 61.7 Å². The summed E-state index contributed by atoms with van der Waals surface area (Å²) in [6.07, 6.45) is 0. The zero-order chi connectivity index (χ0) is 17.6. The van der Waals surface area contributed by atoms with E-state index in [4.69, 9.17) is 4.52 Å². The fourth-order valence-corrected chi connectivity index (χ4v) is 3.11. The molecule has 0 radical (unpaired) electrons. The van der Waals surface area contributed by atoms with Gasteiger partial charge in [0.1, 0.15) is 17.8 Å². The van der Waals surface area contributed by atoms with Gasteiger partial charge in [-0.1, -0.05) is 22.5 Å². The van der Waals surface area contributed by atoms with Crippen LogP contribution in [-0.4, -0.2) is 30.5 Å². The number of Topliss-reactive ketones (excluding diaryl/α,β-unsaturated/α-hetero) is 1. The van der Waals surface area contributed by atoms with Crippen LogP contribution in [0.1, 0.15) is 27.5 Å². The molecular weight excluding hydrogens is 318 g/mol. The van der Waals surface area contributed by atoms with Gasteiger partial charge < -0.3 is 4.52 Å². The van der Waals surface area contributed by atoms with E-state index < -0.39 is 0 Å². The topological polar surface area (TPSA) is 78.7 Å². The first-order valence-electron chi connectivity index (χ1n) is 7.98. The number of aryl methyl sites for hydroxylation is 2. The summed E-state index contributed by atoms with van der Waals surface area (Å²) in [5.41, 5.74) is 4.03. The fraction of sp³-hybridized carbons (Fsp3) is 0.222. The molecule has 0 aliphatic carbocycles. The molecular formula is C18H17N5O2. The third kappa shape index (κ3) is 2.53. The van der Waals surface area contributed by atoms with E-state index in [1.54, 1.807) is 4.68 Å². The van der Waals surface area contributed by atoms with Gasteiger partial charge in [-0.2, -0.15) is 0 Å². The average Bonchev–Trinajstić information content (AvgIpc) is 3.26. The van der Waals surface area contributed by atoms with Gasteiger partial charge in [0.25, 0.3) is 0 Å². The molecule has 4 aromatic rings. The summed E-state index contributed by atoms with van der Waals surface area (Å²) in [6.45, 7) is 5.83. The molecule has 0 unspecified atom stereocenters. The second-order valence-corrected chi connectivity index (χ2v) is 6.07. The van der Waals surface area contributed by atoms with Crippen LogP contribution in [0.5, 0.6) is 0 Å². The van der Waals surface area contributed by atoms with E-state index in [1.165, 1.54) is 0 Å². The number of carbonyl (C=O) groups excluding carboxylic acids is 1. The molecule has 0 saturated heterocycles. The number of ketones is 1. The van der Waals surface area contributed by atoms with Crippen LogP contribution in [0, 0.1) is 20.8 Å². The van der Waals surface area contributed by atoms with Crippen LogP contribution < -0.4 is 0 Å². The smallest absolute Gasteiger partial charge is 0.186 e. The van der Waals surface area contributed by atoms with Crippen molar-refractivity contribution in [3.05, 3.63) is 59.1 Å². The Kier molecular flexibility index (Phi) is 3.49. The molecule has 0 spiro atoms. The summed E-state index contributed by atoms with van der Waals surface area (Å²) < 4.78 is 8.70. The highest BCUT2D eigenvalue weighted by Gasteiger charge is 2.19. The Morgan fingerprint density at radius 2 is 1.96 bits per heavy atom. The molecule has 25 heavy (non-hydrogen) atoms.